The van der Waals surface area contributed by atoms with Crippen molar-refractivity contribution in [3.8, 4) is 11.5 Å². The van der Waals surface area contributed by atoms with Crippen LogP contribution in [-0.4, -0.2) is 23.9 Å². The van der Waals surface area contributed by atoms with Gasteiger partial charge in [0.05, 0.1) is 0 Å². The number of carbonyl (C=O) groups is 2. The fourth-order valence-electron chi connectivity index (χ4n) is 2.34. The van der Waals surface area contributed by atoms with E-state index in [4.69, 9.17) is 10.5 Å². The van der Waals surface area contributed by atoms with E-state index in [1.807, 2.05) is 19.1 Å². The Kier molecular flexibility index (Phi) is 4.88. The zero-order valence-corrected chi connectivity index (χ0v) is 14.0. The number of carbonyl (C=O) groups excluding carboxylic acids is 2. The highest BCUT2D eigenvalue weighted by molar-refractivity contribution is 5.93. The first-order valence-electron chi connectivity index (χ1n) is 8.26. The summed E-state index contributed by atoms with van der Waals surface area (Å²) in [5, 5.41) is 6.13. The van der Waals surface area contributed by atoms with E-state index < -0.39 is 5.91 Å². The average molecular weight is 339 g/mol. The highest BCUT2D eigenvalue weighted by Crippen LogP contribution is 2.24. The molecule has 0 aliphatic heterocycles. The second-order valence-electron chi connectivity index (χ2n) is 6.17. The molecule has 0 aromatic heterocycles. The lowest BCUT2D eigenvalue weighted by molar-refractivity contribution is -0.121. The maximum atomic E-state index is 12.0. The number of amides is 2. The molecule has 0 radical (unpaired) electrons. The van der Waals surface area contributed by atoms with Gasteiger partial charge in [-0.05, 0) is 62.2 Å². The molecule has 1 unspecified atom stereocenters. The standard InChI is InChI=1S/C19H21N3O3/c1-12(19(24)22-15-5-6-15)21-14-7-9-16(10-8-14)25-17-4-2-3-13(11-17)18(20)23/h2-4,7-12,15,21H,5-6H2,1H3,(H2,20,23)(H,22,24). The number of anilines is 1. The van der Waals surface area contributed by atoms with E-state index in [1.165, 1.54) is 0 Å². The molecule has 4 N–H and O–H groups in total. The van der Waals surface area contributed by atoms with E-state index in [1.54, 1.807) is 36.4 Å². The van der Waals surface area contributed by atoms with Crippen molar-refractivity contribution in [1.29, 1.82) is 0 Å². The molecule has 2 aromatic carbocycles. The van der Waals surface area contributed by atoms with Crippen LogP contribution >= 0.6 is 0 Å². The molecule has 0 saturated heterocycles. The second kappa shape index (κ2) is 7.25. The number of rotatable bonds is 7. The molecule has 1 aliphatic rings. The molecule has 1 fully saturated rings. The second-order valence-corrected chi connectivity index (χ2v) is 6.17. The predicted molar refractivity (Wildman–Crippen MR) is 95.7 cm³/mol. The zero-order chi connectivity index (χ0) is 17.8. The minimum atomic E-state index is -0.497. The van der Waals surface area contributed by atoms with Gasteiger partial charge in [-0.1, -0.05) is 6.07 Å². The first-order chi connectivity index (χ1) is 12.0. The summed E-state index contributed by atoms with van der Waals surface area (Å²) in [5.74, 6) is 0.672. The molecular formula is C19H21N3O3. The molecule has 6 nitrogen and oxygen atoms in total. The van der Waals surface area contributed by atoms with Gasteiger partial charge in [-0.2, -0.15) is 0 Å². The summed E-state index contributed by atoms with van der Waals surface area (Å²) < 4.78 is 5.72. The zero-order valence-electron chi connectivity index (χ0n) is 14.0. The van der Waals surface area contributed by atoms with Crippen LogP contribution in [0, 0.1) is 0 Å². The first kappa shape index (κ1) is 16.8. The van der Waals surface area contributed by atoms with Gasteiger partial charge in [0, 0.05) is 17.3 Å². The van der Waals surface area contributed by atoms with E-state index in [-0.39, 0.29) is 11.9 Å². The normalized spacial score (nSPS) is 14.4. The lowest BCUT2D eigenvalue weighted by Crippen LogP contribution is -2.38. The number of nitrogens with one attached hydrogen (secondary N) is 2. The Bertz CT molecular complexity index is 770. The van der Waals surface area contributed by atoms with Crippen molar-refractivity contribution in [3.63, 3.8) is 0 Å². The van der Waals surface area contributed by atoms with Crippen LogP contribution in [0.5, 0.6) is 11.5 Å². The minimum Gasteiger partial charge on any atom is -0.457 e. The summed E-state index contributed by atoms with van der Waals surface area (Å²) in [5.41, 5.74) is 6.49. The van der Waals surface area contributed by atoms with Gasteiger partial charge < -0.3 is 21.1 Å². The molecule has 1 atom stereocenters. The van der Waals surface area contributed by atoms with Crippen LogP contribution in [-0.2, 0) is 4.79 Å². The smallest absolute Gasteiger partial charge is 0.248 e. The van der Waals surface area contributed by atoms with E-state index in [2.05, 4.69) is 10.6 Å². The van der Waals surface area contributed by atoms with Gasteiger partial charge in [-0.25, -0.2) is 0 Å². The van der Waals surface area contributed by atoms with Crippen molar-refractivity contribution >= 4 is 17.5 Å². The summed E-state index contributed by atoms with van der Waals surface area (Å²) in [6.45, 7) is 1.83. The van der Waals surface area contributed by atoms with Crippen LogP contribution in [0.1, 0.15) is 30.1 Å². The van der Waals surface area contributed by atoms with E-state index in [9.17, 15) is 9.59 Å². The maximum Gasteiger partial charge on any atom is 0.248 e. The Hall–Kier alpha value is -3.02. The topological polar surface area (TPSA) is 93.4 Å². The van der Waals surface area contributed by atoms with Crippen LogP contribution in [0.2, 0.25) is 0 Å². The Balaban J connectivity index is 1.59. The van der Waals surface area contributed by atoms with E-state index >= 15 is 0 Å². The molecule has 1 aliphatic carbocycles. The Morgan fingerprint density at radius 1 is 1.12 bits per heavy atom. The summed E-state index contributed by atoms with van der Waals surface area (Å²) >= 11 is 0. The van der Waals surface area contributed by atoms with Crippen LogP contribution in [0.15, 0.2) is 48.5 Å². The third kappa shape index (κ3) is 4.73. The van der Waals surface area contributed by atoms with Crippen molar-refractivity contribution in [2.45, 2.75) is 31.8 Å². The summed E-state index contributed by atoms with van der Waals surface area (Å²) in [7, 11) is 0. The van der Waals surface area contributed by atoms with Crippen molar-refractivity contribution in [1.82, 2.24) is 5.32 Å². The van der Waals surface area contributed by atoms with Crippen LogP contribution in [0.3, 0.4) is 0 Å². The molecule has 2 amide bonds. The summed E-state index contributed by atoms with van der Waals surface area (Å²) in [6.07, 6.45) is 2.14. The van der Waals surface area contributed by atoms with Gasteiger partial charge in [0.1, 0.15) is 17.5 Å². The van der Waals surface area contributed by atoms with Crippen molar-refractivity contribution < 1.29 is 14.3 Å². The molecule has 0 bridgehead atoms. The summed E-state index contributed by atoms with van der Waals surface area (Å²) in [6, 6.07) is 14.0. The van der Waals surface area contributed by atoms with Crippen molar-refractivity contribution in [3.05, 3.63) is 54.1 Å². The Morgan fingerprint density at radius 2 is 1.84 bits per heavy atom. The number of primary amides is 1. The third-order valence-corrected chi connectivity index (χ3v) is 3.91. The molecular weight excluding hydrogens is 318 g/mol. The van der Waals surface area contributed by atoms with Gasteiger partial charge >= 0.3 is 0 Å². The first-order valence-corrected chi connectivity index (χ1v) is 8.26. The van der Waals surface area contributed by atoms with Crippen molar-refractivity contribution in [2.24, 2.45) is 5.73 Å². The van der Waals surface area contributed by atoms with Gasteiger partial charge in [-0.15, -0.1) is 0 Å². The van der Waals surface area contributed by atoms with E-state index in [0.717, 1.165) is 18.5 Å². The molecule has 3 rings (SSSR count). The van der Waals surface area contributed by atoms with Crippen LogP contribution in [0.4, 0.5) is 5.69 Å². The maximum absolute atomic E-state index is 12.0. The fourth-order valence-corrected chi connectivity index (χ4v) is 2.34. The van der Waals surface area contributed by atoms with Crippen molar-refractivity contribution in [2.75, 3.05) is 5.32 Å². The molecule has 0 heterocycles. The van der Waals surface area contributed by atoms with Gasteiger partial charge in [-0.3, -0.25) is 9.59 Å². The lowest BCUT2D eigenvalue weighted by Gasteiger charge is -2.15. The molecule has 1 saturated carbocycles. The van der Waals surface area contributed by atoms with Gasteiger partial charge in [0.2, 0.25) is 11.8 Å². The average Bonchev–Trinajstić information content (AvgIpc) is 3.41. The number of hydrogen-bond donors (Lipinski definition) is 3. The third-order valence-electron chi connectivity index (χ3n) is 3.91. The summed E-state index contributed by atoms with van der Waals surface area (Å²) in [4.78, 5) is 23.2. The molecule has 6 heteroatoms. The minimum absolute atomic E-state index is 0.00564. The monoisotopic (exact) mass is 339 g/mol. The Labute approximate surface area is 146 Å². The number of nitrogens with two attached hydrogens (primary N) is 1. The Morgan fingerprint density at radius 3 is 2.48 bits per heavy atom. The van der Waals surface area contributed by atoms with Gasteiger partial charge in [0.15, 0.2) is 0 Å². The van der Waals surface area contributed by atoms with Crippen LogP contribution < -0.4 is 21.1 Å². The lowest BCUT2D eigenvalue weighted by atomic mass is 10.2. The fraction of sp³-hybridized carbons (Fsp3) is 0.263. The molecule has 25 heavy (non-hydrogen) atoms. The largest absolute Gasteiger partial charge is 0.457 e. The highest BCUT2D eigenvalue weighted by Gasteiger charge is 2.25. The van der Waals surface area contributed by atoms with Crippen LogP contribution in [0.25, 0.3) is 0 Å². The number of benzene rings is 2. The number of hydrogen-bond acceptors (Lipinski definition) is 4. The van der Waals surface area contributed by atoms with E-state index in [0.29, 0.717) is 23.1 Å². The molecule has 2 aromatic rings. The molecule has 0 spiro atoms. The quantitative estimate of drug-likeness (QED) is 0.723. The predicted octanol–water partition coefficient (Wildman–Crippen LogP) is 2.66. The SMILES string of the molecule is CC(Nc1ccc(Oc2cccc(C(N)=O)c2)cc1)C(=O)NC1CC1. The number of ether oxygens (including phenoxy) is 1. The highest BCUT2D eigenvalue weighted by atomic mass is 16.5. The molecule has 130 valence electrons. The van der Waals surface area contributed by atoms with Gasteiger partial charge in [0.25, 0.3) is 0 Å².